The number of nitrogen functional groups attached to an aromatic ring is 1. The van der Waals surface area contributed by atoms with Crippen LogP contribution in [0.2, 0.25) is 0 Å². The molecule has 1 aliphatic carbocycles. The van der Waals surface area contributed by atoms with Gasteiger partial charge >= 0.3 is 0 Å². The number of anilines is 2. The highest BCUT2D eigenvalue weighted by atomic mass is 15.1. The van der Waals surface area contributed by atoms with Crippen molar-refractivity contribution in [3.8, 4) is 0 Å². The molecule has 4 nitrogen and oxygen atoms in total. The molecule has 3 N–H and O–H groups in total. The molecule has 15 heavy (non-hydrogen) atoms. The number of nitrogens with zero attached hydrogens (tertiary/aromatic N) is 2. The Morgan fingerprint density at radius 1 is 1.47 bits per heavy atom. The van der Waals surface area contributed by atoms with Crippen LogP contribution < -0.4 is 11.1 Å². The van der Waals surface area contributed by atoms with E-state index in [2.05, 4.69) is 22.2 Å². The lowest BCUT2D eigenvalue weighted by molar-refractivity contribution is 0.358. The van der Waals surface area contributed by atoms with Gasteiger partial charge < -0.3 is 11.1 Å². The molecule has 0 radical (unpaired) electrons. The van der Waals surface area contributed by atoms with Gasteiger partial charge in [0, 0.05) is 12.2 Å². The van der Waals surface area contributed by atoms with Gasteiger partial charge in [0.05, 0.1) is 0 Å². The van der Waals surface area contributed by atoms with Gasteiger partial charge in [-0.25, -0.2) is 4.98 Å². The molecular formula is C11H18N4. The first kappa shape index (κ1) is 10.2. The number of rotatable bonds is 2. The fraction of sp³-hybridized carbons (Fsp3) is 0.636. The normalized spacial score (nSPS) is 26.2. The van der Waals surface area contributed by atoms with Crippen LogP contribution >= 0.6 is 0 Å². The molecule has 2 unspecified atom stereocenters. The maximum Gasteiger partial charge on any atom is 0.221 e. The molecule has 4 heteroatoms. The molecule has 0 aromatic carbocycles. The summed E-state index contributed by atoms with van der Waals surface area (Å²) >= 11 is 0. The molecular weight excluding hydrogens is 188 g/mol. The van der Waals surface area contributed by atoms with E-state index in [-0.39, 0.29) is 0 Å². The van der Waals surface area contributed by atoms with Crippen LogP contribution in [0.3, 0.4) is 0 Å². The van der Waals surface area contributed by atoms with Crippen molar-refractivity contribution in [2.75, 3.05) is 11.1 Å². The van der Waals surface area contributed by atoms with Gasteiger partial charge in [-0.3, -0.25) is 0 Å². The molecule has 1 fully saturated rings. The van der Waals surface area contributed by atoms with Gasteiger partial charge in [-0.2, -0.15) is 4.98 Å². The van der Waals surface area contributed by atoms with Crippen molar-refractivity contribution in [1.29, 1.82) is 0 Å². The fourth-order valence-corrected chi connectivity index (χ4v) is 2.23. The highest BCUT2D eigenvalue weighted by molar-refractivity contribution is 5.38. The van der Waals surface area contributed by atoms with Gasteiger partial charge in [0.2, 0.25) is 5.95 Å². The molecule has 0 aliphatic heterocycles. The molecule has 0 bridgehead atoms. The Morgan fingerprint density at radius 2 is 2.33 bits per heavy atom. The Labute approximate surface area is 90.3 Å². The zero-order chi connectivity index (χ0) is 10.7. The second-order valence-corrected chi connectivity index (χ2v) is 4.41. The molecule has 1 aromatic heterocycles. The third-order valence-corrected chi connectivity index (χ3v) is 2.96. The summed E-state index contributed by atoms with van der Waals surface area (Å²) in [6.45, 7) is 2.31. The quantitative estimate of drug-likeness (QED) is 0.777. The minimum atomic E-state index is 0.337. The van der Waals surface area contributed by atoms with E-state index in [9.17, 15) is 0 Å². The molecule has 1 aromatic rings. The molecule has 1 aliphatic rings. The zero-order valence-electron chi connectivity index (χ0n) is 9.11. The highest BCUT2D eigenvalue weighted by Gasteiger charge is 2.18. The van der Waals surface area contributed by atoms with Gasteiger partial charge in [0.1, 0.15) is 5.82 Å². The van der Waals surface area contributed by atoms with E-state index in [1.165, 1.54) is 25.7 Å². The Bertz CT molecular complexity index is 326. The smallest absolute Gasteiger partial charge is 0.221 e. The second kappa shape index (κ2) is 4.47. The van der Waals surface area contributed by atoms with E-state index < -0.39 is 0 Å². The lowest BCUT2D eigenvalue weighted by atomic mass is 9.87. The molecule has 2 rings (SSSR count). The number of hydrogen-bond acceptors (Lipinski definition) is 4. The van der Waals surface area contributed by atoms with Crippen LogP contribution in [0.25, 0.3) is 0 Å². The molecule has 0 saturated heterocycles. The van der Waals surface area contributed by atoms with Crippen molar-refractivity contribution < 1.29 is 0 Å². The van der Waals surface area contributed by atoms with Gasteiger partial charge in [-0.05, 0) is 24.8 Å². The molecule has 0 spiro atoms. The van der Waals surface area contributed by atoms with Crippen LogP contribution in [0.4, 0.5) is 11.8 Å². The monoisotopic (exact) mass is 206 g/mol. The Hall–Kier alpha value is -1.32. The van der Waals surface area contributed by atoms with E-state index in [0.29, 0.717) is 12.0 Å². The first-order valence-electron chi connectivity index (χ1n) is 5.59. The number of nitrogens with one attached hydrogen (secondary N) is 1. The average Bonchev–Trinajstić information content (AvgIpc) is 2.17. The highest BCUT2D eigenvalue weighted by Crippen LogP contribution is 2.25. The molecule has 1 saturated carbocycles. The Kier molecular flexibility index (Phi) is 3.04. The SMILES string of the molecule is CC1CCCC(Nc2ccnc(N)n2)C1. The van der Waals surface area contributed by atoms with Crippen LogP contribution in [-0.4, -0.2) is 16.0 Å². The average molecular weight is 206 g/mol. The van der Waals surface area contributed by atoms with Crippen LogP contribution in [0.1, 0.15) is 32.6 Å². The van der Waals surface area contributed by atoms with E-state index >= 15 is 0 Å². The molecule has 82 valence electrons. The standard InChI is InChI=1S/C11H18N4/c1-8-3-2-4-9(7-8)14-10-5-6-13-11(12)15-10/h5-6,8-9H,2-4,7H2,1H3,(H3,12,13,14,15). The summed E-state index contributed by atoms with van der Waals surface area (Å²) < 4.78 is 0. The van der Waals surface area contributed by atoms with Crippen LogP contribution in [0, 0.1) is 5.92 Å². The third kappa shape index (κ3) is 2.81. The van der Waals surface area contributed by atoms with Crippen LogP contribution in [-0.2, 0) is 0 Å². The van der Waals surface area contributed by atoms with E-state index in [4.69, 9.17) is 5.73 Å². The van der Waals surface area contributed by atoms with Crippen LogP contribution in [0.15, 0.2) is 12.3 Å². The summed E-state index contributed by atoms with van der Waals surface area (Å²) in [4.78, 5) is 8.02. The summed E-state index contributed by atoms with van der Waals surface area (Å²) in [5.41, 5.74) is 5.53. The Morgan fingerprint density at radius 3 is 3.07 bits per heavy atom. The summed E-state index contributed by atoms with van der Waals surface area (Å²) in [5, 5.41) is 3.42. The maximum atomic E-state index is 5.53. The predicted octanol–water partition coefficient (Wildman–Crippen LogP) is 2.05. The van der Waals surface area contributed by atoms with E-state index in [1.54, 1.807) is 6.20 Å². The number of aromatic nitrogens is 2. The summed E-state index contributed by atoms with van der Waals surface area (Å²) in [7, 11) is 0. The van der Waals surface area contributed by atoms with E-state index in [0.717, 1.165) is 11.7 Å². The number of nitrogens with two attached hydrogens (primary N) is 1. The maximum absolute atomic E-state index is 5.53. The van der Waals surface area contributed by atoms with E-state index in [1.807, 2.05) is 6.07 Å². The van der Waals surface area contributed by atoms with Crippen molar-refractivity contribution in [2.45, 2.75) is 38.6 Å². The first-order chi connectivity index (χ1) is 7.24. The molecule has 1 heterocycles. The molecule has 0 amide bonds. The topological polar surface area (TPSA) is 63.8 Å². The number of hydrogen-bond donors (Lipinski definition) is 2. The van der Waals surface area contributed by atoms with Gasteiger partial charge in [-0.15, -0.1) is 0 Å². The first-order valence-corrected chi connectivity index (χ1v) is 5.59. The van der Waals surface area contributed by atoms with Crippen molar-refractivity contribution in [1.82, 2.24) is 9.97 Å². The van der Waals surface area contributed by atoms with Crippen molar-refractivity contribution in [3.05, 3.63) is 12.3 Å². The third-order valence-electron chi connectivity index (χ3n) is 2.96. The minimum absolute atomic E-state index is 0.337. The fourth-order valence-electron chi connectivity index (χ4n) is 2.23. The minimum Gasteiger partial charge on any atom is -0.368 e. The van der Waals surface area contributed by atoms with Gasteiger partial charge in [0.25, 0.3) is 0 Å². The Balaban J connectivity index is 1.96. The summed E-state index contributed by atoms with van der Waals surface area (Å²) in [5.74, 6) is 2.00. The van der Waals surface area contributed by atoms with Gasteiger partial charge in [-0.1, -0.05) is 19.8 Å². The van der Waals surface area contributed by atoms with Crippen LogP contribution in [0.5, 0.6) is 0 Å². The second-order valence-electron chi connectivity index (χ2n) is 4.41. The van der Waals surface area contributed by atoms with Gasteiger partial charge in [0.15, 0.2) is 0 Å². The van der Waals surface area contributed by atoms with Crippen molar-refractivity contribution >= 4 is 11.8 Å². The summed E-state index contributed by atoms with van der Waals surface area (Å²) in [6, 6.07) is 2.42. The largest absolute Gasteiger partial charge is 0.368 e. The van der Waals surface area contributed by atoms with Crippen molar-refractivity contribution in [3.63, 3.8) is 0 Å². The molecule has 2 atom stereocenters. The zero-order valence-corrected chi connectivity index (χ0v) is 9.11. The van der Waals surface area contributed by atoms with Crippen molar-refractivity contribution in [2.24, 2.45) is 5.92 Å². The summed E-state index contributed by atoms with van der Waals surface area (Å²) in [6.07, 6.45) is 6.80. The lowest BCUT2D eigenvalue weighted by Crippen LogP contribution is -2.26. The predicted molar refractivity (Wildman–Crippen MR) is 61.5 cm³/mol. The lowest BCUT2D eigenvalue weighted by Gasteiger charge is -2.27.